The molecule has 3 aromatic heterocycles. The van der Waals surface area contributed by atoms with Crippen LogP contribution in [0.2, 0.25) is 5.02 Å². The van der Waals surface area contributed by atoms with Crippen molar-refractivity contribution in [1.29, 1.82) is 5.26 Å². The number of aromatic nitrogens is 4. The Hall–Kier alpha value is -4.89. The number of fused-ring (bicyclic) bond motifs is 2. The van der Waals surface area contributed by atoms with E-state index in [1.807, 2.05) is 6.07 Å². The zero-order valence-corrected chi connectivity index (χ0v) is 31.8. The first-order valence-electron chi connectivity index (χ1n) is 18.5. The highest BCUT2D eigenvalue weighted by Gasteiger charge is 2.49. The van der Waals surface area contributed by atoms with E-state index in [4.69, 9.17) is 31.8 Å². The molecular formula is C38H37ClF3N9O4S. The molecule has 18 heteroatoms. The Labute approximate surface area is 328 Å². The number of aliphatic hydroxyl groups is 1. The zero-order chi connectivity index (χ0) is 39.0. The molecule has 0 bridgehead atoms. The second kappa shape index (κ2) is 13.9. The molecule has 56 heavy (non-hydrogen) atoms. The number of likely N-dealkylation sites (tertiary alicyclic amines) is 1. The summed E-state index contributed by atoms with van der Waals surface area (Å²) in [6, 6.07) is 2.93. The quantitative estimate of drug-likeness (QED) is 0.195. The maximum atomic E-state index is 17.6. The molecule has 3 saturated heterocycles. The number of aliphatic hydroxyl groups excluding tert-OH is 1. The SMILES string of the molecule is C[C@H](O)[C@H]1COc2c(Cl)c(-c3ccc(F)c4sc(N)c(C#N)c34)c(F)c3nc(OC[C@@]45CCCN4C[C@H](F)C5)nc(c23)N1CC1CCCN1C(=O)n1ccnc1. The van der Waals surface area contributed by atoms with Crippen LogP contribution in [0.15, 0.2) is 30.9 Å². The largest absolute Gasteiger partial charge is 0.489 e. The van der Waals surface area contributed by atoms with Gasteiger partial charge in [0.25, 0.3) is 0 Å². The van der Waals surface area contributed by atoms with Crippen molar-refractivity contribution in [2.75, 3.05) is 50.0 Å². The molecule has 4 aliphatic heterocycles. The van der Waals surface area contributed by atoms with Crippen LogP contribution in [0, 0.1) is 23.0 Å². The van der Waals surface area contributed by atoms with Crippen LogP contribution in [0.4, 0.5) is 28.8 Å². The Morgan fingerprint density at radius 3 is 2.88 bits per heavy atom. The Bertz CT molecular complexity index is 2430. The normalized spacial score (nSPS) is 24.1. The number of alkyl halides is 1. The van der Waals surface area contributed by atoms with Crippen molar-refractivity contribution in [2.45, 2.75) is 68.9 Å². The number of ether oxygens (including phenoxy) is 2. The van der Waals surface area contributed by atoms with Crippen LogP contribution in [-0.2, 0) is 0 Å². The number of nitrogen functional groups attached to an aromatic ring is 1. The molecule has 4 aliphatic rings. The van der Waals surface area contributed by atoms with Crippen molar-refractivity contribution < 1.29 is 32.5 Å². The number of halogens is 4. The van der Waals surface area contributed by atoms with Crippen LogP contribution in [0.3, 0.4) is 0 Å². The van der Waals surface area contributed by atoms with Crippen molar-refractivity contribution in [1.82, 2.24) is 29.3 Å². The third-order valence-corrected chi connectivity index (χ3v) is 13.1. The molecule has 2 aromatic carbocycles. The third kappa shape index (κ3) is 5.79. The van der Waals surface area contributed by atoms with E-state index in [0.29, 0.717) is 25.9 Å². The maximum Gasteiger partial charge on any atom is 0.329 e. The lowest BCUT2D eigenvalue weighted by atomic mass is 9.95. The first kappa shape index (κ1) is 36.7. The van der Waals surface area contributed by atoms with Crippen molar-refractivity contribution in [2.24, 2.45) is 0 Å². The van der Waals surface area contributed by atoms with Crippen LogP contribution >= 0.6 is 22.9 Å². The van der Waals surface area contributed by atoms with Gasteiger partial charge in [0.2, 0.25) is 0 Å². The smallest absolute Gasteiger partial charge is 0.329 e. The van der Waals surface area contributed by atoms with Crippen molar-refractivity contribution in [3.05, 3.63) is 53.1 Å². The molecule has 13 nitrogen and oxygen atoms in total. The Morgan fingerprint density at radius 1 is 1.27 bits per heavy atom. The number of benzene rings is 2. The highest BCUT2D eigenvalue weighted by atomic mass is 35.5. The minimum Gasteiger partial charge on any atom is -0.489 e. The standard InChI is InChI=1S/C38H37ClF3N9O4S/c1-19(52)25-16-54-32-28-31(30(42)27(29(32)39)22-5-6-24(41)33-26(22)23(13-43)34(44)56-33)46-36(55-17-38-7-3-9-49(38)14-20(40)12-38)47-35(28)51(25)15-21-4-2-10-50(21)37(53)48-11-8-45-18-48/h5-6,8,11,18-21,25,52H,2-4,7,9-10,12,14-17,44H2,1H3/t19-,20+,21?,25+,38-/m0/s1. The van der Waals surface area contributed by atoms with Gasteiger partial charge in [0.1, 0.15) is 53.9 Å². The van der Waals surface area contributed by atoms with E-state index in [2.05, 4.69) is 14.9 Å². The van der Waals surface area contributed by atoms with Crippen LogP contribution in [-0.4, -0.2) is 110 Å². The topological polar surface area (TPSA) is 159 Å². The molecule has 3 fully saturated rings. The number of amides is 1. The molecule has 5 atom stereocenters. The summed E-state index contributed by atoms with van der Waals surface area (Å²) in [5, 5.41) is 21.4. The molecule has 7 heterocycles. The summed E-state index contributed by atoms with van der Waals surface area (Å²) in [7, 11) is 0. The lowest BCUT2D eigenvalue weighted by molar-refractivity contribution is 0.107. The molecule has 5 aromatic rings. The van der Waals surface area contributed by atoms with Gasteiger partial charge in [-0.3, -0.25) is 9.47 Å². The monoisotopic (exact) mass is 807 g/mol. The summed E-state index contributed by atoms with van der Waals surface area (Å²) >= 11 is 8.01. The fraction of sp³-hybridized carbons (Fsp3) is 0.447. The molecule has 1 amide bonds. The van der Waals surface area contributed by atoms with E-state index in [1.165, 1.54) is 23.2 Å². The fourth-order valence-electron chi connectivity index (χ4n) is 9.10. The number of nitriles is 1. The summed E-state index contributed by atoms with van der Waals surface area (Å²) < 4.78 is 61.7. The van der Waals surface area contributed by atoms with E-state index in [-0.39, 0.29) is 104 Å². The summed E-state index contributed by atoms with van der Waals surface area (Å²) in [4.78, 5) is 32.7. The first-order valence-corrected chi connectivity index (χ1v) is 19.7. The number of nitrogens with zero attached hydrogens (tertiary/aromatic N) is 8. The number of carbonyl (C=O) groups excluding carboxylic acids is 1. The van der Waals surface area contributed by atoms with E-state index < -0.39 is 35.5 Å². The average molecular weight is 808 g/mol. The van der Waals surface area contributed by atoms with Gasteiger partial charge in [-0.2, -0.15) is 15.2 Å². The van der Waals surface area contributed by atoms with Crippen LogP contribution < -0.4 is 20.1 Å². The van der Waals surface area contributed by atoms with Gasteiger partial charge in [-0.1, -0.05) is 17.7 Å². The Balaban J connectivity index is 1.24. The van der Waals surface area contributed by atoms with Crippen LogP contribution in [0.25, 0.3) is 32.1 Å². The molecule has 3 N–H and O–H groups in total. The predicted molar refractivity (Wildman–Crippen MR) is 204 cm³/mol. The lowest BCUT2D eigenvalue weighted by Crippen LogP contribution is -2.52. The third-order valence-electron chi connectivity index (χ3n) is 11.8. The van der Waals surface area contributed by atoms with Crippen molar-refractivity contribution >= 4 is 60.8 Å². The summed E-state index contributed by atoms with van der Waals surface area (Å²) in [6.45, 7) is 3.21. The van der Waals surface area contributed by atoms with Gasteiger partial charge >= 0.3 is 12.0 Å². The fourth-order valence-corrected chi connectivity index (χ4v) is 10.4. The number of thiophene rings is 1. The number of imidazole rings is 1. The van der Waals surface area contributed by atoms with Gasteiger partial charge in [0, 0.05) is 49.4 Å². The van der Waals surface area contributed by atoms with Gasteiger partial charge in [0.05, 0.1) is 44.4 Å². The summed E-state index contributed by atoms with van der Waals surface area (Å²) in [5.41, 5.74) is 5.21. The molecule has 0 saturated carbocycles. The summed E-state index contributed by atoms with van der Waals surface area (Å²) in [5.74, 6) is -1.37. The van der Waals surface area contributed by atoms with E-state index >= 15 is 8.78 Å². The molecular weight excluding hydrogens is 771 g/mol. The zero-order valence-electron chi connectivity index (χ0n) is 30.2. The van der Waals surface area contributed by atoms with E-state index in [1.54, 1.807) is 22.9 Å². The molecule has 9 rings (SSSR count). The van der Waals surface area contributed by atoms with Gasteiger partial charge < -0.3 is 30.1 Å². The summed E-state index contributed by atoms with van der Waals surface area (Å²) in [6.07, 6.45) is 5.73. The molecule has 0 spiro atoms. The number of nitrogens with two attached hydrogens (primary N) is 1. The number of hydrogen-bond donors (Lipinski definition) is 2. The van der Waals surface area contributed by atoms with Gasteiger partial charge in [0.15, 0.2) is 11.6 Å². The maximum absolute atomic E-state index is 17.6. The van der Waals surface area contributed by atoms with E-state index in [0.717, 1.165) is 36.8 Å². The van der Waals surface area contributed by atoms with Crippen LogP contribution in [0.5, 0.6) is 11.8 Å². The molecule has 0 aliphatic carbocycles. The van der Waals surface area contributed by atoms with Gasteiger partial charge in [-0.25, -0.2) is 22.9 Å². The van der Waals surface area contributed by atoms with Crippen molar-refractivity contribution in [3.63, 3.8) is 0 Å². The average Bonchev–Trinajstić information content (AvgIpc) is 4.01. The molecule has 0 radical (unpaired) electrons. The van der Waals surface area contributed by atoms with E-state index in [9.17, 15) is 19.6 Å². The number of anilines is 2. The predicted octanol–water partition coefficient (Wildman–Crippen LogP) is 6.13. The van der Waals surface area contributed by atoms with Gasteiger partial charge in [-0.05, 0) is 50.8 Å². The second-order valence-electron chi connectivity index (χ2n) is 15.0. The Morgan fingerprint density at radius 2 is 2.11 bits per heavy atom. The van der Waals surface area contributed by atoms with Gasteiger partial charge in [-0.15, -0.1) is 11.3 Å². The first-order chi connectivity index (χ1) is 27.0. The minimum absolute atomic E-state index is 0.0151. The second-order valence-corrected chi connectivity index (χ2v) is 16.4. The number of carbonyl (C=O) groups is 1. The minimum atomic E-state index is -1.02. The lowest BCUT2D eigenvalue weighted by Gasteiger charge is -2.37. The number of hydrogen-bond acceptors (Lipinski definition) is 12. The number of rotatable bonds is 7. The molecule has 1 unspecified atom stereocenters. The highest BCUT2D eigenvalue weighted by Crippen LogP contribution is 2.51. The Kier molecular flexibility index (Phi) is 9.14. The molecule has 292 valence electrons. The van der Waals surface area contributed by atoms with Crippen molar-refractivity contribution in [3.8, 4) is 29.0 Å². The highest BCUT2D eigenvalue weighted by molar-refractivity contribution is 7.23. The van der Waals surface area contributed by atoms with Crippen LogP contribution in [0.1, 0.15) is 44.6 Å².